The highest BCUT2D eigenvalue weighted by Gasteiger charge is 2.53. The van der Waals surface area contributed by atoms with E-state index in [1.807, 2.05) is 114 Å². The maximum absolute atomic E-state index is 15.5. The van der Waals surface area contributed by atoms with Crippen LogP contribution in [-0.2, 0) is 75.7 Å². The predicted molar refractivity (Wildman–Crippen MR) is 484 cm³/mol. The molecular formula is C99H140F3N9O12S2. The molecule has 4 saturated carbocycles. The maximum atomic E-state index is 15.5. The Morgan fingerprint density at radius 2 is 1.14 bits per heavy atom. The zero-order valence-corrected chi connectivity index (χ0v) is 79.3. The number of benzene rings is 3. The molecule has 26 heteroatoms. The number of hydrogen-bond acceptors (Lipinski definition) is 12. The third-order valence-corrected chi connectivity index (χ3v) is 33.7. The molecule has 686 valence electrons. The number of aromatic nitrogens is 3. The van der Waals surface area contributed by atoms with Gasteiger partial charge in [0.15, 0.2) is 0 Å². The van der Waals surface area contributed by atoms with Crippen molar-refractivity contribution in [3.8, 4) is 39.5 Å². The zero-order valence-electron chi connectivity index (χ0n) is 77.7. The van der Waals surface area contributed by atoms with Gasteiger partial charge in [-0.1, -0.05) is 100.0 Å². The quantitative estimate of drug-likeness (QED) is 0.0340. The fraction of sp³-hybridized carbons (Fsp3) is 0.657. The van der Waals surface area contributed by atoms with Gasteiger partial charge in [0.25, 0.3) is 17.7 Å². The first-order chi connectivity index (χ1) is 58.5. The molecule has 5 atom stereocenters. The number of sulfonamides is 2. The Balaban J connectivity index is 0.697. The summed E-state index contributed by atoms with van der Waals surface area (Å²) in [6.45, 7) is 38.2. The van der Waals surface area contributed by atoms with Crippen molar-refractivity contribution >= 4 is 43.7 Å². The van der Waals surface area contributed by atoms with Gasteiger partial charge in [0, 0.05) is 101 Å². The minimum Gasteiger partial charge on any atom is -0.493 e. The number of carbonyl (C=O) groups is 4. The van der Waals surface area contributed by atoms with Crippen molar-refractivity contribution in [1.29, 1.82) is 0 Å². The molecular weight excluding hydrogens is 1630 g/mol. The summed E-state index contributed by atoms with van der Waals surface area (Å²) < 4.78 is 129. The van der Waals surface area contributed by atoms with Crippen molar-refractivity contribution in [2.45, 2.75) is 352 Å². The van der Waals surface area contributed by atoms with Gasteiger partial charge >= 0.3 is 6.18 Å². The monoisotopic (exact) mass is 1770 g/mol. The molecule has 1 spiro atoms. The summed E-state index contributed by atoms with van der Waals surface area (Å²) in [4.78, 5) is 58.5. The smallest absolute Gasteiger partial charge is 0.402 e. The Morgan fingerprint density at radius 3 is 1.69 bits per heavy atom. The highest BCUT2D eigenvalue weighted by atomic mass is 32.2. The molecule has 4 aliphatic heterocycles. The average molecular weight is 1770 g/mol. The second-order valence-electron chi connectivity index (χ2n) is 42.9. The van der Waals surface area contributed by atoms with Gasteiger partial charge in [-0.05, 0) is 294 Å². The molecule has 7 heterocycles. The largest absolute Gasteiger partial charge is 0.493 e. The fourth-order valence-electron chi connectivity index (χ4n) is 22.2. The Kier molecular flexibility index (Phi) is 26.6. The molecule has 5 unspecified atom stereocenters. The molecule has 14 rings (SSSR count). The molecule has 3 aromatic carbocycles. The van der Waals surface area contributed by atoms with E-state index in [9.17, 15) is 44.7 Å². The van der Waals surface area contributed by atoms with Crippen LogP contribution >= 0.6 is 0 Å². The molecule has 3 aromatic heterocycles. The van der Waals surface area contributed by atoms with E-state index in [-0.39, 0.29) is 93.8 Å². The lowest BCUT2D eigenvalue weighted by Crippen LogP contribution is -2.55. The number of nitrogens with one attached hydrogen (secondary N) is 4. The highest BCUT2D eigenvalue weighted by molar-refractivity contribution is 7.89. The van der Waals surface area contributed by atoms with Gasteiger partial charge in [0.1, 0.15) is 18.9 Å². The molecule has 2 saturated heterocycles. The second-order valence-corrected chi connectivity index (χ2v) is 46.5. The molecule has 6 fully saturated rings. The first kappa shape index (κ1) is 93.8. The van der Waals surface area contributed by atoms with Crippen molar-refractivity contribution in [3.05, 3.63) is 122 Å². The summed E-state index contributed by atoms with van der Waals surface area (Å²) in [5, 5.41) is 23.5. The SMILES string of the molecule is Cc1c(C(=O)NCC(C)(CC2CCC(Cn3c(-c4cc(C(C)C)c5c(c4)C(C)(C)N(C(C)C)S5(=O)=O)cc(C(=O)NC4COC4)c3C)CC2)NC(=O)CO)cc(-c2cc(C(C)(C)C)c3c(c2)C2(CCO3)CC2)n1CC1CCCC(C2CC(NC(=O)c3cc(-c4ccc(S(=O)(=O)N(CC(F)(F)F)C(C)(C)C)c(C(C)(C)C)c4)n(CC4CCCCC4)c3C)CCO2)C1. The normalized spacial score (nSPS) is 23.0. The minimum atomic E-state index is -4.78. The first-order valence-electron chi connectivity index (χ1n) is 46.4. The van der Waals surface area contributed by atoms with E-state index in [2.05, 4.69) is 73.9 Å². The van der Waals surface area contributed by atoms with E-state index < -0.39 is 67.3 Å². The molecule has 4 amide bonds. The van der Waals surface area contributed by atoms with Crippen LogP contribution in [0.4, 0.5) is 13.2 Å². The number of fused-ring (bicyclic) bond motifs is 3. The third kappa shape index (κ3) is 19.5. The van der Waals surface area contributed by atoms with E-state index in [1.54, 1.807) is 16.4 Å². The van der Waals surface area contributed by atoms with E-state index in [0.29, 0.717) is 108 Å². The average Bonchev–Trinajstić information content (AvgIpc) is 1.95. The number of rotatable bonds is 26. The van der Waals surface area contributed by atoms with Crippen molar-refractivity contribution in [1.82, 2.24) is 43.6 Å². The predicted octanol–water partition coefficient (Wildman–Crippen LogP) is 18.5. The number of halogens is 3. The number of aliphatic hydroxyl groups excluding tert-OH is 1. The first-order valence-corrected chi connectivity index (χ1v) is 49.3. The van der Waals surface area contributed by atoms with Gasteiger partial charge < -0.3 is 54.3 Å². The summed E-state index contributed by atoms with van der Waals surface area (Å²) in [7, 11) is -8.50. The van der Waals surface area contributed by atoms with Gasteiger partial charge in [-0.2, -0.15) is 21.8 Å². The summed E-state index contributed by atoms with van der Waals surface area (Å²) in [6.07, 6.45) is 12.6. The van der Waals surface area contributed by atoms with E-state index >= 15 is 9.59 Å². The van der Waals surface area contributed by atoms with E-state index in [0.717, 1.165) is 170 Å². The van der Waals surface area contributed by atoms with Crippen molar-refractivity contribution in [3.63, 3.8) is 0 Å². The number of nitrogens with zero attached hydrogens (tertiary/aromatic N) is 5. The zero-order chi connectivity index (χ0) is 90.5. The number of amides is 4. The number of carbonyl (C=O) groups excluding carboxylic acids is 4. The van der Waals surface area contributed by atoms with E-state index in [4.69, 9.17) is 14.2 Å². The lowest BCUT2D eigenvalue weighted by Gasteiger charge is -2.39. The second kappa shape index (κ2) is 35.5. The fourth-order valence-corrected chi connectivity index (χ4v) is 27.0. The van der Waals surface area contributed by atoms with Crippen LogP contribution in [-0.4, -0.2) is 155 Å². The van der Waals surface area contributed by atoms with Crippen LogP contribution in [0.1, 0.15) is 315 Å². The summed E-state index contributed by atoms with van der Waals surface area (Å²) in [5.74, 6) is 0.786. The molecule has 21 nitrogen and oxygen atoms in total. The van der Waals surface area contributed by atoms with Crippen molar-refractivity contribution in [2.75, 3.05) is 46.1 Å². The summed E-state index contributed by atoms with van der Waals surface area (Å²) in [5.41, 5.74) is 9.20. The maximum Gasteiger partial charge on any atom is 0.402 e. The Hall–Kier alpha value is -7.33. The van der Waals surface area contributed by atoms with Crippen LogP contribution in [0.3, 0.4) is 0 Å². The van der Waals surface area contributed by atoms with Crippen molar-refractivity contribution < 1.29 is 68.5 Å². The molecule has 4 aliphatic carbocycles. The van der Waals surface area contributed by atoms with Crippen LogP contribution in [0, 0.1) is 50.4 Å². The van der Waals surface area contributed by atoms with Gasteiger partial charge in [0.2, 0.25) is 26.0 Å². The van der Waals surface area contributed by atoms with Gasteiger partial charge in [-0.15, -0.1) is 0 Å². The minimum absolute atomic E-state index is 0.0438. The van der Waals surface area contributed by atoms with Gasteiger partial charge in [0.05, 0.1) is 69.5 Å². The molecule has 0 bridgehead atoms. The highest BCUT2D eigenvalue weighted by Crippen LogP contribution is 2.59. The number of hydrogen-bond donors (Lipinski definition) is 5. The number of alkyl halides is 3. The molecule has 0 radical (unpaired) electrons. The van der Waals surface area contributed by atoms with E-state index in [1.165, 1.54) is 32.4 Å². The van der Waals surface area contributed by atoms with Crippen LogP contribution in [0.15, 0.2) is 70.5 Å². The number of ether oxygens (including phenoxy) is 3. The molecule has 6 aromatic rings. The molecule has 8 aliphatic rings. The van der Waals surface area contributed by atoms with Gasteiger partial charge in [-0.3, -0.25) is 19.2 Å². The van der Waals surface area contributed by atoms with Crippen LogP contribution < -0.4 is 26.0 Å². The summed E-state index contributed by atoms with van der Waals surface area (Å²) >= 11 is 0. The van der Waals surface area contributed by atoms with Gasteiger partial charge in [-0.25, -0.2) is 16.8 Å². The van der Waals surface area contributed by atoms with Crippen LogP contribution in [0.25, 0.3) is 33.8 Å². The summed E-state index contributed by atoms with van der Waals surface area (Å²) in [6, 6.07) is 19.0. The van der Waals surface area contributed by atoms with Crippen LogP contribution in [0.5, 0.6) is 5.75 Å². The lowest BCUT2D eigenvalue weighted by molar-refractivity contribution is -0.142. The molecule has 5 N–H and O–H groups in total. The lowest BCUT2D eigenvalue weighted by atomic mass is 9.76. The Bertz CT molecular complexity index is 5270. The molecule has 125 heavy (non-hydrogen) atoms. The Morgan fingerprint density at radius 1 is 0.608 bits per heavy atom. The van der Waals surface area contributed by atoms with Crippen LogP contribution in [0.2, 0.25) is 0 Å². The Labute approximate surface area is 741 Å². The van der Waals surface area contributed by atoms with Crippen molar-refractivity contribution in [2.24, 2.45) is 29.6 Å². The third-order valence-electron chi connectivity index (χ3n) is 29.2. The topological polar surface area (TPSA) is 254 Å². The standard InChI is InChI=1S/C99H140F3N9O12S2/c1-59(2)74-41-70(45-81-89(74)125(119,120)111(60(3)4)96(81,17)18)83-49-77(92(116)105-73-55-121-56-73)63(7)108(83)52-66-30-28-64(29-31-66)50-97(19,106-87(113)54-112)57-103-90(114)75-47-84(71-43-79(94(11,12)13)88-80(44-71)98(35-36-98)37-39-123-88)109(61(75)5)53-67-26-23-27-69(40-67)85-46-72(34-38-122-85)104-91(115)76-48-82(107(62(76)6)51-65-24-21-20-22-25-65)68-32-33-86(78(42-68)93(8,9)10)124(117,118)110(95(14,15)16)58-99(100,101)102/h32-33,41-45,47-49,59-60,64-67,69,72-73,85,112H,20-31,34-40,46,50-58H2,1-19H3,(H,103,114)(H,104,115)(H,105,116)(H,106,113). The number of aliphatic hydroxyl groups is 1.